The summed E-state index contributed by atoms with van der Waals surface area (Å²) in [6.07, 6.45) is 0.157. The summed E-state index contributed by atoms with van der Waals surface area (Å²) < 4.78 is 15.7. The van der Waals surface area contributed by atoms with Gasteiger partial charge in [0.15, 0.2) is 11.5 Å². The van der Waals surface area contributed by atoms with Gasteiger partial charge in [0.25, 0.3) is 5.91 Å². The van der Waals surface area contributed by atoms with Crippen molar-refractivity contribution in [1.82, 2.24) is 21.3 Å². The zero-order chi connectivity index (χ0) is 32.9. The first kappa shape index (κ1) is 35.0. The zero-order valence-corrected chi connectivity index (χ0v) is 26.4. The molecule has 244 valence electrons. The molecule has 2 aromatic rings. The van der Waals surface area contributed by atoms with E-state index in [2.05, 4.69) is 33.9 Å². The van der Waals surface area contributed by atoms with Gasteiger partial charge in [0.2, 0.25) is 24.5 Å². The molecule has 0 saturated heterocycles. The van der Waals surface area contributed by atoms with Crippen LogP contribution in [0.15, 0.2) is 42.5 Å². The number of amides is 4. The lowest BCUT2D eigenvalue weighted by atomic mass is 10.0. The predicted molar refractivity (Wildman–Crippen MR) is 168 cm³/mol. The van der Waals surface area contributed by atoms with Crippen LogP contribution >= 0.6 is 12.6 Å². The van der Waals surface area contributed by atoms with Crippen molar-refractivity contribution in [2.45, 2.75) is 57.7 Å². The molecule has 0 aliphatic carbocycles. The fourth-order valence-electron chi connectivity index (χ4n) is 4.50. The summed E-state index contributed by atoms with van der Waals surface area (Å²) >= 11 is 4.23. The Morgan fingerprint density at radius 1 is 0.889 bits per heavy atom. The minimum absolute atomic E-state index is 0.00921. The van der Waals surface area contributed by atoms with Crippen LogP contribution in [0, 0.1) is 5.92 Å². The Kier molecular flexibility index (Phi) is 13.3. The van der Waals surface area contributed by atoms with Gasteiger partial charge in [-0.1, -0.05) is 26.0 Å². The van der Waals surface area contributed by atoms with E-state index in [9.17, 15) is 29.1 Å². The molecule has 0 unspecified atom stereocenters. The summed E-state index contributed by atoms with van der Waals surface area (Å²) in [6.45, 7) is 4.06. The molecule has 0 bridgehead atoms. The molecule has 0 fully saturated rings. The van der Waals surface area contributed by atoms with E-state index in [1.165, 1.54) is 12.1 Å². The van der Waals surface area contributed by atoms with E-state index in [0.29, 0.717) is 24.5 Å². The molecule has 5 N–H and O–H groups in total. The van der Waals surface area contributed by atoms with Crippen LogP contribution in [0.3, 0.4) is 0 Å². The van der Waals surface area contributed by atoms with Crippen molar-refractivity contribution in [2.24, 2.45) is 5.92 Å². The molecule has 14 heteroatoms. The smallest absolute Gasteiger partial charge is 0.303 e. The highest BCUT2D eigenvalue weighted by Gasteiger charge is 2.30. The second-order valence-electron chi connectivity index (χ2n) is 10.9. The minimum atomic E-state index is -1.26. The number of rotatable bonds is 17. The summed E-state index contributed by atoms with van der Waals surface area (Å²) in [5, 5.41) is 19.9. The number of nitrogens with one attached hydrogen (secondary N) is 4. The van der Waals surface area contributed by atoms with Crippen LogP contribution in [-0.2, 0) is 25.6 Å². The average molecular weight is 645 g/mol. The molecule has 0 radical (unpaired) electrons. The van der Waals surface area contributed by atoms with Gasteiger partial charge < -0.3 is 40.6 Å². The number of carboxylic acid groups (broad SMARTS) is 1. The Morgan fingerprint density at radius 3 is 2.20 bits per heavy atom. The molecular formula is C31H40N4O9S. The number of thiol groups is 1. The molecule has 45 heavy (non-hydrogen) atoms. The highest BCUT2D eigenvalue weighted by molar-refractivity contribution is 7.80. The maximum atomic E-state index is 13.4. The quantitative estimate of drug-likeness (QED) is 0.140. The van der Waals surface area contributed by atoms with Crippen molar-refractivity contribution in [3.63, 3.8) is 0 Å². The van der Waals surface area contributed by atoms with Gasteiger partial charge in [-0.15, -0.1) is 0 Å². The van der Waals surface area contributed by atoms with E-state index in [4.69, 9.17) is 14.2 Å². The Hall–Kier alpha value is -4.46. The Balaban J connectivity index is 1.63. The second-order valence-corrected chi connectivity index (χ2v) is 11.2. The standard InChI is InChI=1S/C31H40N4O9S/c1-18(2)14-23(31(41)35-24(16-45)29(39)32-13-12-19-4-7-21(42-3)8-5-19)34-30(40)22(9-11-27(36)37)33-28(38)20-6-10-25-26(15-20)44-17-43-25/h4-8,10,15,18,22-24,45H,9,11-14,16-17H2,1-3H3,(H,32,39)(H,33,38)(H,34,40)(H,35,41)(H,36,37)/t22-,23-,24-/m0/s1. The third-order valence-corrected chi connectivity index (χ3v) is 7.30. The number of carbonyl (C=O) groups is 5. The number of hydrogen-bond donors (Lipinski definition) is 6. The highest BCUT2D eigenvalue weighted by Crippen LogP contribution is 2.32. The lowest BCUT2D eigenvalue weighted by Gasteiger charge is -2.26. The van der Waals surface area contributed by atoms with E-state index < -0.39 is 54.1 Å². The molecule has 2 aromatic carbocycles. The lowest BCUT2D eigenvalue weighted by Crippen LogP contribution is -2.57. The summed E-state index contributed by atoms with van der Waals surface area (Å²) in [4.78, 5) is 63.8. The van der Waals surface area contributed by atoms with E-state index in [-0.39, 0.29) is 36.9 Å². The molecule has 0 spiro atoms. The van der Waals surface area contributed by atoms with Crippen LogP contribution in [0.1, 0.15) is 49.0 Å². The van der Waals surface area contributed by atoms with Crippen molar-refractivity contribution in [3.05, 3.63) is 53.6 Å². The van der Waals surface area contributed by atoms with Crippen LogP contribution in [0.2, 0.25) is 0 Å². The van der Waals surface area contributed by atoms with E-state index in [1.807, 2.05) is 38.1 Å². The number of carboxylic acids is 1. The van der Waals surface area contributed by atoms with E-state index >= 15 is 0 Å². The van der Waals surface area contributed by atoms with Crippen LogP contribution in [0.4, 0.5) is 0 Å². The molecule has 1 heterocycles. The maximum absolute atomic E-state index is 13.4. The van der Waals surface area contributed by atoms with Gasteiger partial charge in [0.05, 0.1) is 7.11 Å². The second kappa shape index (κ2) is 17.1. The first-order valence-corrected chi connectivity index (χ1v) is 15.2. The predicted octanol–water partition coefficient (Wildman–Crippen LogP) is 1.69. The van der Waals surface area contributed by atoms with Gasteiger partial charge in [-0.3, -0.25) is 24.0 Å². The molecule has 4 amide bonds. The number of carbonyl (C=O) groups excluding carboxylic acids is 4. The summed E-state index contributed by atoms with van der Waals surface area (Å²) in [5.41, 5.74) is 1.17. The molecular weight excluding hydrogens is 604 g/mol. The van der Waals surface area contributed by atoms with E-state index in [1.54, 1.807) is 13.2 Å². The number of ether oxygens (including phenoxy) is 3. The highest BCUT2D eigenvalue weighted by atomic mass is 32.1. The Bertz CT molecular complexity index is 1350. The number of methoxy groups -OCH3 is 1. The first-order chi connectivity index (χ1) is 21.5. The number of hydrogen-bond acceptors (Lipinski definition) is 9. The Morgan fingerprint density at radius 2 is 1.56 bits per heavy atom. The fraction of sp³-hybridized carbons (Fsp3) is 0.452. The molecule has 1 aliphatic heterocycles. The van der Waals surface area contributed by atoms with Gasteiger partial charge >= 0.3 is 5.97 Å². The van der Waals surface area contributed by atoms with Gasteiger partial charge in [0.1, 0.15) is 23.9 Å². The average Bonchev–Trinajstić information content (AvgIpc) is 3.49. The van der Waals surface area contributed by atoms with Crippen LogP contribution < -0.4 is 35.5 Å². The number of benzene rings is 2. The summed E-state index contributed by atoms with van der Waals surface area (Å²) in [7, 11) is 1.58. The minimum Gasteiger partial charge on any atom is -0.497 e. The molecule has 13 nitrogen and oxygen atoms in total. The van der Waals surface area contributed by atoms with E-state index in [0.717, 1.165) is 11.3 Å². The van der Waals surface area contributed by atoms with Gasteiger partial charge in [0, 0.05) is 24.3 Å². The number of aliphatic carboxylic acids is 1. The van der Waals surface area contributed by atoms with Crippen molar-refractivity contribution < 1.29 is 43.3 Å². The Labute approximate surface area is 267 Å². The third kappa shape index (κ3) is 10.9. The van der Waals surface area contributed by atoms with Gasteiger partial charge in [-0.25, -0.2) is 0 Å². The summed E-state index contributed by atoms with van der Waals surface area (Å²) in [5.74, 6) is -2.03. The molecule has 3 atom stereocenters. The first-order valence-electron chi connectivity index (χ1n) is 14.5. The summed E-state index contributed by atoms with van der Waals surface area (Å²) in [6, 6.07) is 8.63. The lowest BCUT2D eigenvalue weighted by molar-refractivity contribution is -0.137. The topological polar surface area (TPSA) is 181 Å². The molecule has 0 aromatic heterocycles. The van der Waals surface area contributed by atoms with Crippen LogP contribution in [-0.4, -0.2) is 79.0 Å². The monoisotopic (exact) mass is 644 g/mol. The zero-order valence-electron chi connectivity index (χ0n) is 25.5. The molecule has 3 rings (SSSR count). The van der Waals surface area contributed by atoms with Crippen molar-refractivity contribution >= 4 is 42.2 Å². The van der Waals surface area contributed by atoms with Crippen LogP contribution in [0.25, 0.3) is 0 Å². The van der Waals surface area contributed by atoms with Crippen molar-refractivity contribution in [2.75, 3.05) is 26.2 Å². The van der Waals surface area contributed by atoms with Crippen LogP contribution in [0.5, 0.6) is 17.2 Å². The fourth-order valence-corrected chi connectivity index (χ4v) is 4.76. The maximum Gasteiger partial charge on any atom is 0.303 e. The van der Waals surface area contributed by atoms with Gasteiger partial charge in [-0.2, -0.15) is 12.6 Å². The molecule has 1 aliphatic rings. The van der Waals surface area contributed by atoms with Crippen molar-refractivity contribution in [3.8, 4) is 17.2 Å². The van der Waals surface area contributed by atoms with Crippen molar-refractivity contribution in [1.29, 1.82) is 0 Å². The molecule has 0 saturated carbocycles. The number of fused-ring (bicyclic) bond motifs is 1. The normalized spacial score (nSPS) is 13.7. The third-order valence-electron chi connectivity index (χ3n) is 6.93. The SMILES string of the molecule is COc1ccc(CCNC(=O)[C@H](CS)NC(=O)[C@H](CC(C)C)NC(=O)[C@H](CCC(=O)O)NC(=O)c2ccc3c(c2)OCO3)cc1. The largest absolute Gasteiger partial charge is 0.497 e. The van der Waals surface area contributed by atoms with Gasteiger partial charge in [-0.05, 0) is 61.1 Å².